The third kappa shape index (κ3) is 5.20. The average Bonchev–Trinajstić information content (AvgIpc) is 2.60. The highest BCUT2D eigenvalue weighted by atomic mass is 79.9. The molecule has 7 heteroatoms. The Hall–Kier alpha value is -2.67. The van der Waals surface area contributed by atoms with Gasteiger partial charge >= 0.3 is 0 Å². The molecule has 2 aromatic carbocycles. The number of nitrogens with one attached hydrogen (secondary N) is 2. The van der Waals surface area contributed by atoms with Gasteiger partial charge < -0.3 is 10.1 Å². The van der Waals surface area contributed by atoms with Crippen LogP contribution < -0.4 is 15.5 Å². The molecule has 0 aliphatic carbocycles. The number of benzene rings is 2. The molecule has 2 rings (SSSR count). The van der Waals surface area contributed by atoms with Gasteiger partial charge in [-0.1, -0.05) is 34.1 Å². The van der Waals surface area contributed by atoms with E-state index >= 15 is 0 Å². The number of carbonyl (C=O) groups excluding carboxylic acids is 2. The van der Waals surface area contributed by atoms with Gasteiger partial charge in [0.05, 0.1) is 19.9 Å². The van der Waals surface area contributed by atoms with Crippen LogP contribution in [0.25, 0.3) is 0 Å². The van der Waals surface area contributed by atoms with Crippen LogP contribution in [0.5, 0.6) is 5.75 Å². The second kappa shape index (κ2) is 8.83. The number of hydrogen-bond donors (Lipinski definition) is 2. The summed E-state index contributed by atoms with van der Waals surface area (Å²) in [7, 11) is 1.56. The molecule has 6 nitrogen and oxygen atoms in total. The number of carbonyl (C=O) groups is 2. The Morgan fingerprint density at radius 1 is 1.21 bits per heavy atom. The van der Waals surface area contributed by atoms with Crippen LogP contribution in [0, 0.1) is 0 Å². The molecule has 0 bridgehead atoms. The number of hydrazone groups is 1. The first-order valence-corrected chi connectivity index (χ1v) is 7.88. The minimum Gasteiger partial charge on any atom is -0.496 e. The maximum Gasteiger partial charge on any atom is 0.259 e. The van der Waals surface area contributed by atoms with E-state index in [1.807, 2.05) is 24.3 Å². The molecule has 24 heavy (non-hydrogen) atoms. The van der Waals surface area contributed by atoms with Crippen molar-refractivity contribution in [2.45, 2.75) is 0 Å². The number of ether oxygens (including phenoxy) is 1. The second-order valence-electron chi connectivity index (χ2n) is 4.73. The lowest BCUT2D eigenvalue weighted by Gasteiger charge is -2.05. The fraction of sp³-hybridized carbons (Fsp3) is 0.118. The summed E-state index contributed by atoms with van der Waals surface area (Å²) in [6.45, 7) is -0.172. The van der Waals surface area contributed by atoms with E-state index in [2.05, 4.69) is 31.8 Å². The van der Waals surface area contributed by atoms with Gasteiger partial charge in [0.25, 0.3) is 11.8 Å². The molecule has 0 heterocycles. The molecule has 0 saturated carbocycles. The molecule has 0 saturated heterocycles. The quantitative estimate of drug-likeness (QED) is 0.587. The Labute approximate surface area is 148 Å². The molecule has 0 unspecified atom stereocenters. The minimum absolute atomic E-state index is 0.172. The highest BCUT2D eigenvalue weighted by molar-refractivity contribution is 9.10. The second-order valence-corrected chi connectivity index (χ2v) is 5.64. The van der Waals surface area contributed by atoms with Gasteiger partial charge in [0.1, 0.15) is 5.75 Å². The first-order valence-electron chi connectivity index (χ1n) is 7.09. The van der Waals surface area contributed by atoms with Crippen LogP contribution in [0.2, 0.25) is 0 Å². The number of rotatable bonds is 6. The molecule has 2 aromatic rings. The predicted molar refractivity (Wildman–Crippen MR) is 95.2 cm³/mol. The topological polar surface area (TPSA) is 79.8 Å². The van der Waals surface area contributed by atoms with Gasteiger partial charge in [0, 0.05) is 15.6 Å². The standard InChI is InChI=1S/C17H16BrN3O3/c1-24-15-8-3-2-5-13(15)10-20-21-16(22)11-19-17(23)12-6-4-7-14(18)9-12/h2-10H,11H2,1H3,(H,19,23)(H,21,22)/b20-10+. The van der Waals surface area contributed by atoms with E-state index in [1.165, 1.54) is 6.21 Å². The van der Waals surface area contributed by atoms with Crippen LogP contribution in [0.4, 0.5) is 0 Å². The van der Waals surface area contributed by atoms with Crippen molar-refractivity contribution < 1.29 is 14.3 Å². The van der Waals surface area contributed by atoms with Crippen molar-refractivity contribution in [1.29, 1.82) is 0 Å². The molecule has 0 fully saturated rings. The minimum atomic E-state index is -0.426. The lowest BCUT2D eigenvalue weighted by atomic mass is 10.2. The van der Waals surface area contributed by atoms with Gasteiger partial charge in [-0.3, -0.25) is 9.59 Å². The van der Waals surface area contributed by atoms with Crippen molar-refractivity contribution in [1.82, 2.24) is 10.7 Å². The van der Waals surface area contributed by atoms with Crippen molar-refractivity contribution in [3.05, 3.63) is 64.1 Å². The number of hydrogen-bond acceptors (Lipinski definition) is 4. The maximum atomic E-state index is 11.9. The molecule has 2 amide bonds. The summed E-state index contributed by atoms with van der Waals surface area (Å²) in [5.41, 5.74) is 3.55. The van der Waals surface area contributed by atoms with Crippen LogP contribution in [0.15, 0.2) is 58.1 Å². The Kier molecular flexibility index (Phi) is 6.51. The van der Waals surface area contributed by atoms with Crippen molar-refractivity contribution in [2.75, 3.05) is 13.7 Å². The summed E-state index contributed by atoms with van der Waals surface area (Å²) in [6.07, 6.45) is 1.48. The lowest BCUT2D eigenvalue weighted by molar-refractivity contribution is -0.120. The van der Waals surface area contributed by atoms with Gasteiger partial charge in [0.15, 0.2) is 0 Å². The highest BCUT2D eigenvalue weighted by Gasteiger charge is 2.07. The number of methoxy groups -OCH3 is 1. The molecule has 0 radical (unpaired) electrons. The van der Waals surface area contributed by atoms with E-state index in [-0.39, 0.29) is 12.5 Å². The molecule has 2 N–H and O–H groups in total. The van der Waals surface area contributed by atoms with E-state index in [1.54, 1.807) is 31.4 Å². The van der Waals surface area contributed by atoms with Gasteiger partial charge in [-0.2, -0.15) is 5.10 Å². The number of nitrogens with zero attached hydrogens (tertiary/aromatic N) is 1. The monoisotopic (exact) mass is 389 g/mol. The summed E-state index contributed by atoms with van der Waals surface area (Å²) in [5, 5.41) is 6.38. The summed E-state index contributed by atoms with van der Waals surface area (Å²) >= 11 is 3.29. The van der Waals surface area contributed by atoms with Crippen molar-refractivity contribution in [2.24, 2.45) is 5.10 Å². The average molecular weight is 390 g/mol. The molecule has 0 aliphatic heterocycles. The van der Waals surface area contributed by atoms with Gasteiger partial charge in [-0.05, 0) is 30.3 Å². The number of halogens is 1. The smallest absolute Gasteiger partial charge is 0.259 e. The largest absolute Gasteiger partial charge is 0.496 e. The third-order valence-electron chi connectivity index (χ3n) is 3.03. The van der Waals surface area contributed by atoms with Gasteiger partial charge in [-0.15, -0.1) is 0 Å². The molecule has 0 atom stereocenters. The van der Waals surface area contributed by atoms with Crippen molar-refractivity contribution >= 4 is 34.0 Å². The van der Waals surface area contributed by atoms with Gasteiger partial charge in [-0.25, -0.2) is 5.43 Å². The number of amides is 2. The first kappa shape index (κ1) is 17.7. The fourth-order valence-corrected chi connectivity index (χ4v) is 2.28. The van der Waals surface area contributed by atoms with Crippen LogP contribution in [0.3, 0.4) is 0 Å². The van der Waals surface area contributed by atoms with E-state index in [0.717, 1.165) is 10.0 Å². The zero-order valence-corrected chi connectivity index (χ0v) is 14.5. The Morgan fingerprint density at radius 3 is 2.75 bits per heavy atom. The van der Waals surface area contributed by atoms with Crippen LogP contribution >= 0.6 is 15.9 Å². The van der Waals surface area contributed by atoms with E-state index in [9.17, 15) is 9.59 Å². The van der Waals surface area contributed by atoms with Crippen LogP contribution in [-0.2, 0) is 4.79 Å². The van der Waals surface area contributed by atoms with E-state index in [4.69, 9.17) is 4.74 Å². The van der Waals surface area contributed by atoms with Crippen molar-refractivity contribution in [3.63, 3.8) is 0 Å². The van der Waals surface area contributed by atoms with E-state index in [0.29, 0.717) is 11.3 Å². The first-order chi connectivity index (χ1) is 11.6. The molecule has 0 aromatic heterocycles. The Bertz CT molecular complexity index is 762. The zero-order valence-electron chi connectivity index (χ0n) is 13.0. The van der Waals surface area contributed by atoms with E-state index < -0.39 is 5.91 Å². The molecular weight excluding hydrogens is 374 g/mol. The Balaban J connectivity index is 1.83. The summed E-state index contributed by atoms with van der Waals surface area (Å²) in [4.78, 5) is 23.6. The predicted octanol–water partition coefficient (Wildman–Crippen LogP) is 2.34. The zero-order chi connectivity index (χ0) is 17.4. The maximum absolute atomic E-state index is 11.9. The lowest BCUT2D eigenvalue weighted by Crippen LogP contribution is -2.34. The normalized spacial score (nSPS) is 10.4. The summed E-state index contributed by atoms with van der Waals surface area (Å²) < 4.78 is 5.97. The molecule has 0 spiro atoms. The van der Waals surface area contributed by atoms with Crippen LogP contribution in [-0.4, -0.2) is 31.7 Å². The fourth-order valence-electron chi connectivity index (χ4n) is 1.88. The summed E-state index contributed by atoms with van der Waals surface area (Å²) in [5.74, 6) is -0.108. The molecule has 124 valence electrons. The Morgan fingerprint density at radius 2 is 2.00 bits per heavy atom. The van der Waals surface area contributed by atoms with Gasteiger partial charge in [0.2, 0.25) is 0 Å². The highest BCUT2D eigenvalue weighted by Crippen LogP contribution is 2.14. The molecular formula is C17H16BrN3O3. The SMILES string of the molecule is COc1ccccc1/C=N/NC(=O)CNC(=O)c1cccc(Br)c1. The van der Waals surface area contributed by atoms with Crippen LogP contribution in [0.1, 0.15) is 15.9 Å². The van der Waals surface area contributed by atoms with Crippen molar-refractivity contribution in [3.8, 4) is 5.75 Å². The molecule has 0 aliphatic rings. The number of para-hydroxylation sites is 1. The third-order valence-corrected chi connectivity index (χ3v) is 3.52. The summed E-state index contributed by atoms with van der Waals surface area (Å²) in [6, 6.07) is 14.2.